The summed E-state index contributed by atoms with van der Waals surface area (Å²) in [5.74, 6) is 4.56. The molecule has 0 spiro atoms. The molecule has 130 valence electrons. The zero-order valence-electron chi connectivity index (χ0n) is 16.3. The molecule has 0 radical (unpaired) electrons. The van der Waals surface area contributed by atoms with Gasteiger partial charge in [-0.05, 0) is 29.1 Å². The number of unbranched alkanes of at least 4 members (excludes halogenated alkanes) is 3. The predicted octanol–water partition coefficient (Wildman–Crippen LogP) is 6.97. The summed E-state index contributed by atoms with van der Waals surface area (Å²) >= 11 is 0. The van der Waals surface area contributed by atoms with Crippen molar-refractivity contribution in [3.8, 4) is 11.5 Å². The van der Waals surface area contributed by atoms with Crippen LogP contribution >= 0.6 is 0 Å². The van der Waals surface area contributed by atoms with Crippen LogP contribution in [0.15, 0.2) is 16.7 Å². The number of hydrogen-bond donors (Lipinski definition) is 0. The van der Waals surface area contributed by atoms with Crippen molar-refractivity contribution in [1.29, 1.82) is 0 Å². The van der Waals surface area contributed by atoms with E-state index in [-0.39, 0.29) is 0 Å². The van der Waals surface area contributed by atoms with Crippen LogP contribution in [-0.2, 0) is 6.42 Å². The molecule has 1 heterocycles. The van der Waals surface area contributed by atoms with Gasteiger partial charge in [0.1, 0.15) is 20.1 Å². The van der Waals surface area contributed by atoms with Gasteiger partial charge in [0.25, 0.3) is 0 Å². The lowest BCUT2D eigenvalue weighted by Crippen LogP contribution is -2.43. The van der Waals surface area contributed by atoms with Crippen LogP contribution in [0.25, 0.3) is 0 Å². The average Bonchev–Trinajstić information content (AvgIpc) is 2.91. The highest BCUT2D eigenvalue weighted by atomic mass is 28.3. The second-order valence-corrected chi connectivity index (χ2v) is 13.3. The summed E-state index contributed by atoms with van der Waals surface area (Å²) in [4.78, 5) is 0. The molecule has 0 atom stereocenters. The Bertz CT molecular complexity index is 492. The maximum atomic E-state index is 5.70. The predicted molar refractivity (Wildman–Crippen MR) is 104 cm³/mol. The fourth-order valence-corrected chi connectivity index (χ4v) is 9.14. The van der Waals surface area contributed by atoms with Crippen LogP contribution in [0.1, 0.15) is 85.5 Å². The fraction of sp³-hybridized carbons (Fsp3) is 0.714. The van der Waals surface area contributed by atoms with Gasteiger partial charge in [-0.1, -0.05) is 73.6 Å². The smallest absolute Gasteiger partial charge is 0.146 e. The Hall–Kier alpha value is -0.943. The van der Waals surface area contributed by atoms with E-state index >= 15 is 0 Å². The topological polar surface area (TPSA) is 13.1 Å². The second kappa shape index (κ2) is 9.38. The van der Waals surface area contributed by atoms with E-state index in [1.807, 2.05) is 6.26 Å². The first-order valence-electron chi connectivity index (χ1n) is 9.45. The minimum atomic E-state index is -1.64. The molecule has 0 bridgehead atoms. The van der Waals surface area contributed by atoms with Crippen molar-refractivity contribution in [2.24, 2.45) is 0 Å². The highest BCUT2D eigenvalue weighted by molar-refractivity contribution is 6.90. The van der Waals surface area contributed by atoms with Gasteiger partial charge in [-0.15, -0.1) is 5.54 Å². The minimum Gasteiger partial charge on any atom is -0.468 e. The van der Waals surface area contributed by atoms with Gasteiger partial charge in [0, 0.05) is 6.42 Å². The zero-order chi connectivity index (χ0) is 17.5. The Balaban J connectivity index is 2.86. The molecule has 0 aliphatic heterocycles. The van der Waals surface area contributed by atoms with Gasteiger partial charge < -0.3 is 4.42 Å². The molecule has 0 unspecified atom stereocenters. The maximum Gasteiger partial charge on any atom is 0.146 e. The number of hydrogen-bond acceptors (Lipinski definition) is 1. The van der Waals surface area contributed by atoms with E-state index in [4.69, 9.17) is 4.42 Å². The molecule has 1 nitrogen and oxygen atoms in total. The molecule has 1 aromatic rings. The van der Waals surface area contributed by atoms with E-state index < -0.39 is 8.07 Å². The Morgan fingerprint density at radius 2 is 1.57 bits per heavy atom. The van der Waals surface area contributed by atoms with Gasteiger partial charge in [-0.3, -0.25) is 0 Å². The summed E-state index contributed by atoms with van der Waals surface area (Å²) in [7, 11) is -1.64. The quantitative estimate of drug-likeness (QED) is 0.284. The summed E-state index contributed by atoms with van der Waals surface area (Å²) in [6.45, 7) is 16.4. The van der Waals surface area contributed by atoms with E-state index in [0.29, 0.717) is 16.6 Å². The summed E-state index contributed by atoms with van der Waals surface area (Å²) in [5.41, 5.74) is 6.86. The van der Waals surface area contributed by atoms with Crippen LogP contribution in [0, 0.1) is 11.5 Å². The van der Waals surface area contributed by atoms with Crippen LogP contribution in [0.4, 0.5) is 0 Å². The minimum absolute atomic E-state index is 0.676. The van der Waals surface area contributed by atoms with Gasteiger partial charge in [-0.2, -0.15) is 0 Å². The fourth-order valence-electron chi connectivity index (χ4n) is 3.92. The largest absolute Gasteiger partial charge is 0.468 e. The molecule has 0 aromatic carbocycles. The highest BCUT2D eigenvalue weighted by Crippen LogP contribution is 2.40. The highest BCUT2D eigenvalue weighted by Gasteiger charge is 2.41. The van der Waals surface area contributed by atoms with Crippen LogP contribution in [0.5, 0.6) is 0 Å². The molecule has 0 saturated carbocycles. The third-order valence-electron chi connectivity index (χ3n) is 5.22. The summed E-state index contributed by atoms with van der Waals surface area (Å²) in [5, 5.41) is 0. The van der Waals surface area contributed by atoms with Crippen molar-refractivity contribution in [3.05, 3.63) is 23.7 Å². The van der Waals surface area contributed by atoms with Crippen molar-refractivity contribution < 1.29 is 4.42 Å². The third-order valence-corrected chi connectivity index (χ3v) is 11.5. The molecule has 0 saturated heterocycles. The van der Waals surface area contributed by atoms with E-state index in [9.17, 15) is 0 Å². The molecular formula is C21H36OSi. The van der Waals surface area contributed by atoms with Gasteiger partial charge in [0.2, 0.25) is 0 Å². The van der Waals surface area contributed by atoms with Crippen LogP contribution in [-0.4, -0.2) is 8.07 Å². The third kappa shape index (κ3) is 5.28. The summed E-state index contributed by atoms with van der Waals surface area (Å²) < 4.78 is 5.70. The number of furan rings is 1. The Labute approximate surface area is 145 Å². The van der Waals surface area contributed by atoms with Gasteiger partial charge in [-0.25, -0.2) is 0 Å². The molecule has 0 aliphatic rings. The van der Waals surface area contributed by atoms with E-state index in [0.717, 1.165) is 17.7 Å². The van der Waals surface area contributed by atoms with E-state index in [1.54, 1.807) is 0 Å². The van der Waals surface area contributed by atoms with E-state index in [1.165, 1.54) is 25.7 Å². The molecule has 1 aromatic heterocycles. The lowest BCUT2D eigenvalue weighted by molar-refractivity contribution is 0.494. The van der Waals surface area contributed by atoms with Crippen molar-refractivity contribution in [1.82, 2.24) is 0 Å². The number of rotatable bonds is 8. The SMILES string of the molecule is CCCCCCc1cc(C#C[Si](C(C)C)(C(C)C)C(C)C)co1. The molecular weight excluding hydrogens is 296 g/mol. The summed E-state index contributed by atoms with van der Waals surface area (Å²) in [6.07, 6.45) is 8.00. The zero-order valence-corrected chi connectivity index (χ0v) is 17.3. The van der Waals surface area contributed by atoms with Crippen molar-refractivity contribution in [3.63, 3.8) is 0 Å². The standard InChI is InChI=1S/C21H36OSi/c1-8-9-10-11-12-21-15-20(16-22-21)13-14-23(17(2)3,18(4)5)19(6)7/h15-19H,8-12H2,1-7H3. The van der Waals surface area contributed by atoms with Crippen LogP contribution in [0.3, 0.4) is 0 Å². The normalized spacial score (nSPS) is 12.1. The first-order valence-corrected chi connectivity index (χ1v) is 11.7. The molecule has 0 N–H and O–H groups in total. The lowest BCUT2D eigenvalue weighted by Gasteiger charge is -2.38. The van der Waals surface area contributed by atoms with Crippen LogP contribution in [0.2, 0.25) is 16.6 Å². The van der Waals surface area contributed by atoms with Gasteiger partial charge in [0.15, 0.2) is 0 Å². The monoisotopic (exact) mass is 332 g/mol. The Morgan fingerprint density at radius 1 is 0.957 bits per heavy atom. The molecule has 0 fully saturated rings. The van der Waals surface area contributed by atoms with Gasteiger partial charge in [0.05, 0.1) is 5.56 Å². The van der Waals surface area contributed by atoms with Crippen molar-refractivity contribution in [2.45, 2.75) is 97.2 Å². The van der Waals surface area contributed by atoms with Gasteiger partial charge >= 0.3 is 0 Å². The molecule has 23 heavy (non-hydrogen) atoms. The Kier molecular flexibility index (Phi) is 8.20. The average molecular weight is 333 g/mol. The molecule has 1 rings (SSSR count). The molecule has 2 heteroatoms. The van der Waals surface area contributed by atoms with Crippen LogP contribution < -0.4 is 0 Å². The van der Waals surface area contributed by atoms with E-state index in [2.05, 4.69) is 66.0 Å². The van der Waals surface area contributed by atoms with Crippen molar-refractivity contribution in [2.75, 3.05) is 0 Å². The maximum absolute atomic E-state index is 5.70. The molecule has 0 aliphatic carbocycles. The lowest BCUT2D eigenvalue weighted by atomic mass is 10.1. The second-order valence-electron chi connectivity index (χ2n) is 7.76. The summed E-state index contributed by atoms with van der Waals surface area (Å²) in [6, 6.07) is 2.15. The Morgan fingerprint density at radius 3 is 2.09 bits per heavy atom. The first kappa shape index (κ1) is 20.1. The molecule has 0 amide bonds. The number of aryl methyl sites for hydroxylation is 1. The first-order chi connectivity index (χ1) is 10.8. The van der Waals surface area contributed by atoms with Crippen molar-refractivity contribution >= 4 is 8.07 Å².